The summed E-state index contributed by atoms with van der Waals surface area (Å²) in [5.41, 5.74) is 0. The molecule has 1 aromatic carbocycles. The molecule has 0 spiro atoms. The molecule has 0 aromatic heterocycles. The fourth-order valence-electron chi connectivity index (χ4n) is 1.21. The highest BCUT2D eigenvalue weighted by Crippen LogP contribution is 2.22. The Morgan fingerprint density at radius 2 is 2.06 bits per heavy atom. The summed E-state index contributed by atoms with van der Waals surface area (Å²) in [4.78, 5) is 11.6. The van der Waals surface area contributed by atoms with Gasteiger partial charge in [-0.25, -0.2) is 4.39 Å². The summed E-state index contributed by atoms with van der Waals surface area (Å²) >= 11 is 3.06. The highest BCUT2D eigenvalue weighted by atomic mass is 79.9. The SMILES string of the molecule is CC(C)NC(=O)C(C)Oc1ccc(F)c(Br)c1. The average molecular weight is 304 g/mol. The maximum absolute atomic E-state index is 13.0. The normalized spacial score (nSPS) is 12.4. The van der Waals surface area contributed by atoms with Gasteiger partial charge < -0.3 is 10.1 Å². The lowest BCUT2D eigenvalue weighted by Crippen LogP contribution is -2.40. The van der Waals surface area contributed by atoms with E-state index in [9.17, 15) is 9.18 Å². The van der Waals surface area contributed by atoms with Crippen molar-refractivity contribution in [3.05, 3.63) is 28.5 Å². The summed E-state index contributed by atoms with van der Waals surface area (Å²) < 4.78 is 18.7. The number of amides is 1. The molecule has 0 aliphatic heterocycles. The third kappa shape index (κ3) is 4.34. The maximum Gasteiger partial charge on any atom is 0.260 e. The van der Waals surface area contributed by atoms with Crippen molar-refractivity contribution in [1.82, 2.24) is 5.32 Å². The molecule has 1 atom stereocenters. The Hall–Kier alpha value is -1.10. The zero-order chi connectivity index (χ0) is 13.0. The fourth-order valence-corrected chi connectivity index (χ4v) is 1.57. The monoisotopic (exact) mass is 303 g/mol. The molecule has 1 amide bonds. The van der Waals surface area contributed by atoms with Gasteiger partial charge in [-0.05, 0) is 54.9 Å². The summed E-state index contributed by atoms with van der Waals surface area (Å²) in [5, 5.41) is 2.74. The Balaban J connectivity index is 2.64. The molecule has 0 fully saturated rings. The second kappa shape index (κ2) is 6.00. The lowest BCUT2D eigenvalue weighted by molar-refractivity contribution is -0.127. The van der Waals surface area contributed by atoms with Gasteiger partial charge in [0.25, 0.3) is 5.91 Å². The number of halogens is 2. The molecule has 0 saturated heterocycles. The van der Waals surface area contributed by atoms with E-state index >= 15 is 0 Å². The van der Waals surface area contributed by atoms with E-state index in [1.807, 2.05) is 13.8 Å². The van der Waals surface area contributed by atoms with E-state index in [4.69, 9.17) is 4.74 Å². The van der Waals surface area contributed by atoms with Crippen LogP contribution in [-0.2, 0) is 4.79 Å². The highest BCUT2D eigenvalue weighted by Gasteiger charge is 2.15. The van der Waals surface area contributed by atoms with Crippen LogP contribution in [0.15, 0.2) is 22.7 Å². The van der Waals surface area contributed by atoms with E-state index < -0.39 is 6.10 Å². The molecule has 1 N–H and O–H groups in total. The molecule has 0 radical (unpaired) electrons. The van der Waals surface area contributed by atoms with E-state index in [0.29, 0.717) is 10.2 Å². The van der Waals surface area contributed by atoms with Crippen LogP contribution in [0.1, 0.15) is 20.8 Å². The summed E-state index contributed by atoms with van der Waals surface area (Å²) in [7, 11) is 0. The predicted octanol–water partition coefficient (Wildman–Crippen LogP) is 2.88. The molecular formula is C12H15BrFNO2. The second-order valence-electron chi connectivity index (χ2n) is 4.00. The van der Waals surface area contributed by atoms with Gasteiger partial charge in [-0.3, -0.25) is 4.79 Å². The van der Waals surface area contributed by atoms with Crippen LogP contribution in [-0.4, -0.2) is 18.1 Å². The molecule has 17 heavy (non-hydrogen) atoms. The Morgan fingerprint density at radius 3 is 2.59 bits per heavy atom. The minimum atomic E-state index is -0.616. The molecule has 1 rings (SSSR count). The maximum atomic E-state index is 13.0. The molecule has 1 aromatic rings. The van der Waals surface area contributed by atoms with Crippen molar-refractivity contribution in [3.8, 4) is 5.75 Å². The lowest BCUT2D eigenvalue weighted by atomic mass is 10.3. The van der Waals surface area contributed by atoms with Crippen LogP contribution in [0.5, 0.6) is 5.75 Å². The molecule has 0 bridgehead atoms. The minimum absolute atomic E-state index is 0.0634. The van der Waals surface area contributed by atoms with Crippen molar-refractivity contribution >= 4 is 21.8 Å². The van der Waals surface area contributed by atoms with Crippen molar-refractivity contribution in [2.45, 2.75) is 32.9 Å². The molecule has 0 aliphatic carbocycles. The number of nitrogens with one attached hydrogen (secondary N) is 1. The minimum Gasteiger partial charge on any atom is -0.481 e. The van der Waals surface area contributed by atoms with E-state index in [0.717, 1.165) is 0 Å². The van der Waals surface area contributed by atoms with Crippen LogP contribution in [0.2, 0.25) is 0 Å². The second-order valence-corrected chi connectivity index (χ2v) is 4.85. The van der Waals surface area contributed by atoms with E-state index in [1.165, 1.54) is 18.2 Å². The largest absolute Gasteiger partial charge is 0.481 e. The Morgan fingerprint density at radius 1 is 1.41 bits per heavy atom. The summed E-state index contributed by atoms with van der Waals surface area (Å²) in [6.07, 6.45) is -0.616. The van der Waals surface area contributed by atoms with E-state index in [1.54, 1.807) is 6.92 Å². The molecule has 1 unspecified atom stereocenters. The Bertz CT molecular complexity index is 409. The number of ether oxygens (including phenoxy) is 1. The summed E-state index contributed by atoms with van der Waals surface area (Å²) in [5.74, 6) is -0.109. The molecule has 5 heteroatoms. The smallest absolute Gasteiger partial charge is 0.260 e. The van der Waals surface area contributed by atoms with Gasteiger partial charge in [0, 0.05) is 6.04 Å². The lowest BCUT2D eigenvalue weighted by Gasteiger charge is -2.16. The van der Waals surface area contributed by atoms with Gasteiger partial charge in [0.2, 0.25) is 0 Å². The van der Waals surface area contributed by atoms with Crippen LogP contribution in [0.3, 0.4) is 0 Å². The molecule has 94 valence electrons. The topological polar surface area (TPSA) is 38.3 Å². The van der Waals surface area contributed by atoms with Gasteiger partial charge in [0.1, 0.15) is 11.6 Å². The molecule has 3 nitrogen and oxygen atoms in total. The van der Waals surface area contributed by atoms with Gasteiger partial charge in [-0.15, -0.1) is 0 Å². The first kappa shape index (κ1) is 14.0. The third-order valence-corrected chi connectivity index (χ3v) is 2.61. The van der Waals surface area contributed by atoms with Crippen LogP contribution < -0.4 is 10.1 Å². The Kier molecular flexibility index (Phi) is 4.93. The first-order valence-corrected chi connectivity index (χ1v) is 6.11. The van der Waals surface area contributed by atoms with E-state index in [-0.39, 0.29) is 17.8 Å². The number of benzene rings is 1. The van der Waals surface area contributed by atoms with Gasteiger partial charge in [0.15, 0.2) is 6.10 Å². The standard InChI is InChI=1S/C12H15BrFNO2/c1-7(2)15-12(16)8(3)17-9-4-5-11(14)10(13)6-9/h4-8H,1-3H3,(H,15,16). The molecular weight excluding hydrogens is 289 g/mol. The van der Waals surface area contributed by atoms with Gasteiger partial charge in [-0.1, -0.05) is 0 Å². The molecule has 0 aliphatic rings. The quantitative estimate of drug-likeness (QED) is 0.929. The fraction of sp³-hybridized carbons (Fsp3) is 0.417. The van der Waals surface area contributed by atoms with Crippen molar-refractivity contribution in [2.75, 3.05) is 0 Å². The average Bonchev–Trinajstić information content (AvgIpc) is 2.22. The van der Waals surface area contributed by atoms with E-state index in [2.05, 4.69) is 21.2 Å². The van der Waals surface area contributed by atoms with Crippen LogP contribution in [0.4, 0.5) is 4.39 Å². The van der Waals surface area contributed by atoms with Crippen LogP contribution in [0, 0.1) is 5.82 Å². The van der Waals surface area contributed by atoms with Gasteiger partial charge >= 0.3 is 0 Å². The molecule has 0 heterocycles. The number of hydrogen-bond donors (Lipinski definition) is 1. The van der Waals surface area contributed by atoms with Gasteiger partial charge in [0.05, 0.1) is 4.47 Å². The first-order chi connectivity index (χ1) is 7.90. The number of carbonyl (C=O) groups excluding carboxylic acids is 1. The number of rotatable bonds is 4. The third-order valence-electron chi connectivity index (χ3n) is 2.00. The predicted molar refractivity (Wildman–Crippen MR) is 67.5 cm³/mol. The van der Waals surface area contributed by atoms with Crippen LogP contribution in [0.25, 0.3) is 0 Å². The van der Waals surface area contributed by atoms with Crippen molar-refractivity contribution in [3.63, 3.8) is 0 Å². The van der Waals surface area contributed by atoms with Crippen molar-refractivity contribution in [1.29, 1.82) is 0 Å². The van der Waals surface area contributed by atoms with Crippen molar-refractivity contribution in [2.24, 2.45) is 0 Å². The molecule has 0 saturated carbocycles. The Labute approximate surface area is 108 Å². The van der Waals surface area contributed by atoms with Crippen molar-refractivity contribution < 1.29 is 13.9 Å². The highest BCUT2D eigenvalue weighted by molar-refractivity contribution is 9.10. The first-order valence-electron chi connectivity index (χ1n) is 5.32. The summed E-state index contributed by atoms with van der Waals surface area (Å²) in [6.45, 7) is 5.40. The zero-order valence-corrected chi connectivity index (χ0v) is 11.5. The van der Waals surface area contributed by atoms with Gasteiger partial charge in [-0.2, -0.15) is 0 Å². The van der Waals surface area contributed by atoms with Crippen LogP contribution >= 0.6 is 15.9 Å². The number of hydrogen-bond acceptors (Lipinski definition) is 2. The number of carbonyl (C=O) groups is 1. The summed E-state index contributed by atoms with van der Waals surface area (Å²) in [6, 6.07) is 4.33. The zero-order valence-electron chi connectivity index (χ0n) is 9.96.